The molecule has 0 radical (unpaired) electrons. The van der Waals surface area contributed by atoms with Gasteiger partial charge < -0.3 is 161 Å². The van der Waals surface area contributed by atoms with Gasteiger partial charge in [0.2, 0.25) is 0 Å². The number of methoxy groups -OCH3 is 2. The van der Waals surface area contributed by atoms with Gasteiger partial charge in [-0.3, -0.25) is 19.2 Å². The fourth-order valence-electron chi connectivity index (χ4n) is 16.2. The van der Waals surface area contributed by atoms with Crippen LogP contribution < -0.4 is 11.5 Å². The summed E-state index contributed by atoms with van der Waals surface area (Å²) in [6.45, 7) is 13.6. The van der Waals surface area contributed by atoms with E-state index >= 15 is 0 Å². The van der Waals surface area contributed by atoms with Crippen LogP contribution in [0.15, 0.2) is 170 Å². The van der Waals surface area contributed by atoms with Gasteiger partial charge in [0.05, 0.1) is 173 Å². The molecule has 756 valence electrons. The van der Waals surface area contributed by atoms with Gasteiger partial charge in [0.1, 0.15) is 36.3 Å². The Morgan fingerprint density at radius 3 is 0.917 bits per heavy atom. The third-order valence-electron chi connectivity index (χ3n) is 24.4. The van der Waals surface area contributed by atoms with Gasteiger partial charge in [0, 0.05) is 75.0 Å². The Morgan fingerprint density at radius 1 is 0.338 bits per heavy atom. The number of carbonyl (C=O) groups is 4. The minimum atomic E-state index is -2.27. The second kappa shape index (κ2) is 60.1. The zero-order chi connectivity index (χ0) is 98.3. The summed E-state index contributed by atoms with van der Waals surface area (Å²) in [7, 11) is 2.23. The molecule has 4 bridgehead atoms. The Morgan fingerprint density at radius 2 is 0.624 bits per heavy atom. The van der Waals surface area contributed by atoms with Crippen molar-refractivity contribution in [1.29, 1.82) is 0 Å². The van der Waals surface area contributed by atoms with Crippen LogP contribution in [-0.2, 0) is 66.5 Å². The minimum Gasteiger partial charge on any atom is -0.469 e. The fourth-order valence-corrected chi connectivity index (χ4v) is 16.2. The number of nitrogens with two attached hydrogens (primary N) is 2. The van der Waals surface area contributed by atoms with E-state index in [9.17, 15) is 121 Å². The molecule has 0 saturated carbocycles. The van der Waals surface area contributed by atoms with Crippen LogP contribution in [0.25, 0.3) is 0 Å². The molecule has 0 amide bonds. The average molecular weight is 1890 g/mol. The number of esters is 4. The standard InChI is InChI=1S/2C48H75NO17.CH4/c2*1-28-18-16-14-12-10-8-6-7-9-11-13-15-17-19-35(65-47-45(59)42(49)44(58)31(4)64-47)25-39-41(46(60)62-5)38(55)27-48(61,66-39)26-34(52)23-37(54)36(53)21-20-32(50)22-33(51)24-40(56)63-30(3)29(2)43(28)57;/h2*6-19,28-39,41-45,47,50-55,57-59,61H,20-27,49H2,1-5H3;1H4/b2*7-6+,10-8+,11-9+,14-12+,15-13+,18-16+,19-17+;/t28-,29-,30?,31?,32+,33+,34-,35-,36+,37+,38-,39-,41+,42?,43+,44?,45?,47?,48+;;/m0../s1. The Hall–Kier alpha value is -6.88. The Kier molecular flexibility index (Phi) is 53.5. The van der Waals surface area contributed by atoms with E-state index in [0.717, 1.165) is 14.2 Å². The molecule has 6 aliphatic heterocycles. The molecule has 25 unspecified atom stereocenters. The molecule has 0 aromatic carbocycles. The summed E-state index contributed by atoms with van der Waals surface area (Å²) >= 11 is 0. The Labute approximate surface area is 780 Å². The molecular weight excluding hydrogens is 1740 g/mol. The lowest BCUT2D eigenvalue weighted by atomic mass is 9.82. The number of ether oxygens (including phenoxy) is 10. The molecular formula is C97H154N2O34. The van der Waals surface area contributed by atoms with Crippen LogP contribution in [0.5, 0.6) is 0 Å². The third-order valence-corrected chi connectivity index (χ3v) is 24.4. The van der Waals surface area contributed by atoms with E-state index in [1.165, 1.54) is 0 Å². The maximum absolute atomic E-state index is 13.1. The number of cyclic esters (lactones) is 2. The summed E-state index contributed by atoms with van der Waals surface area (Å²) in [5, 5.41) is 217. The summed E-state index contributed by atoms with van der Waals surface area (Å²) in [6.07, 6.45) is 9.01. The van der Waals surface area contributed by atoms with Crippen molar-refractivity contribution in [2.75, 3.05) is 14.2 Å². The highest BCUT2D eigenvalue weighted by atomic mass is 16.7. The number of aliphatic hydroxyl groups excluding tert-OH is 18. The third kappa shape index (κ3) is 41.0. The lowest BCUT2D eigenvalue weighted by Gasteiger charge is -2.45. The zero-order valence-electron chi connectivity index (χ0n) is 77.1. The van der Waals surface area contributed by atoms with Gasteiger partial charge in [-0.2, -0.15) is 0 Å². The highest BCUT2D eigenvalue weighted by Crippen LogP contribution is 2.41. The van der Waals surface area contributed by atoms with Crippen molar-refractivity contribution in [3.8, 4) is 0 Å². The van der Waals surface area contributed by atoms with Crippen LogP contribution in [0.4, 0.5) is 0 Å². The van der Waals surface area contributed by atoms with E-state index in [1.807, 2.05) is 74.6 Å². The van der Waals surface area contributed by atoms with Crippen molar-refractivity contribution in [2.45, 2.75) is 360 Å². The highest BCUT2D eigenvalue weighted by molar-refractivity contribution is 5.74. The van der Waals surface area contributed by atoms with E-state index in [0.29, 0.717) is 0 Å². The smallest absolute Gasteiger partial charge is 0.313 e. The second-order valence-electron chi connectivity index (χ2n) is 35.5. The first-order chi connectivity index (χ1) is 62.3. The highest BCUT2D eigenvalue weighted by Gasteiger charge is 2.54. The van der Waals surface area contributed by atoms with Gasteiger partial charge in [0.15, 0.2) is 24.2 Å². The summed E-state index contributed by atoms with van der Waals surface area (Å²) < 4.78 is 56.8. The van der Waals surface area contributed by atoms with Gasteiger partial charge in [-0.25, -0.2) is 0 Å². The summed E-state index contributed by atoms with van der Waals surface area (Å²) in [4.78, 5) is 51.4. The number of rotatable bonds is 6. The van der Waals surface area contributed by atoms with Gasteiger partial charge in [-0.1, -0.05) is 205 Å². The summed E-state index contributed by atoms with van der Waals surface area (Å²) in [5.74, 6) is -11.9. The molecule has 38 atom stereocenters. The molecule has 24 N–H and O–H groups in total. The van der Waals surface area contributed by atoms with Crippen LogP contribution in [-0.4, -0.2) is 335 Å². The first-order valence-electron chi connectivity index (χ1n) is 45.4. The number of carbonyl (C=O) groups excluding carboxylic acids is 4. The number of aliphatic hydroxyl groups is 20. The molecule has 6 aliphatic rings. The Balaban J connectivity index is 0.000000552. The van der Waals surface area contributed by atoms with Gasteiger partial charge in [-0.05, 0) is 66.2 Å². The summed E-state index contributed by atoms with van der Waals surface area (Å²) in [5.41, 5.74) is 12.1. The van der Waals surface area contributed by atoms with Gasteiger partial charge in [-0.15, -0.1) is 0 Å². The minimum absolute atomic E-state index is 0. The SMILES string of the molecule is C.COC(=O)C1C(O)CC2(O)CC(O)CC(O)C(O)CCC(O)CC(O)CC(=O)OC(C)C(C)C(O)C(C)/C=C/C=C/C=C/C=C/C=C/C=C/C=C/C(OC3OC(C)C(O)C(N)C3O)CC1O2.COC(=O)[C@H]1[C@@H]2C[C@@H](OC3OC(C)C(O)C(N)C3O)/C=C/C=C/C=C/C=C/C=C/C=C/C=C/[C@H](C)[C@@H](O)[C@@H](C)C(C)OC(=O)C[C@H](O)C[C@H](O)CC[C@@H](O)[C@H](O)C[C@H](O)C[C@](O)(C[C@@H]1O)O2. The van der Waals surface area contributed by atoms with E-state index in [2.05, 4.69) is 0 Å². The predicted octanol–water partition coefficient (Wildman–Crippen LogP) is 2.24. The quantitative estimate of drug-likeness (QED) is 0.134. The molecule has 0 aliphatic carbocycles. The molecule has 0 spiro atoms. The molecule has 133 heavy (non-hydrogen) atoms. The zero-order valence-corrected chi connectivity index (χ0v) is 77.1. The van der Waals surface area contributed by atoms with Crippen LogP contribution in [0.3, 0.4) is 0 Å². The van der Waals surface area contributed by atoms with Crippen LogP contribution >= 0.6 is 0 Å². The number of fused-ring (bicyclic) bond motifs is 4. The van der Waals surface area contributed by atoms with Crippen molar-refractivity contribution in [3.63, 3.8) is 0 Å². The summed E-state index contributed by atoms with van der Waals surface area (Å²) in [6, 6.07) is -2.26. The first-order valence-corrected chi connectivity index (χ1v) is 45.4. The average Bonchev–Trinajstić information content (AvgIpc) is 0.779. The topological polar surface area (TPSA) is 617 Å². The van der Waals surface area contributed by atoms with Crippen LogP contribution in [0, 0.1) is 35.5 Å². The van der Waals surface area contributed by atoms with Crippen molar-refractivity contribution < 1.29 is 169 Å². The molecule has 6 rings (SSSR count). The normalized spacial score (nSPS) is 44.6. The Bertz CT molecular complexity index is 3610. The van der Waals surface area contributed by atoms with E-state index in [-0.39, 0.29) is 70.6 Å². The molecule has 36 heteroatoms. The molecule has 6 heterocycles. The number of hydrogen-bond acceptors (Lipinski definition) is 36. The maximum atomic E-state index is 13.1. The monoisotopic (exact) mass is 1890 g/mol. The van der Waals surface area contributed by atoms with E-state index < -0.39 is 294 Å². The molecule has 4 saturated heterocycles. The predicted molar refractivity (Wildman–Crippen MR) is 489 cm³/mol. The van der Waals surface area contributed by atoms with E-state index in [1.54, 1.807) is 151 Å². The van der Waals surface area contributed by atoms with Crippen LogP contribution in [0.1, 0.15) is 166 Å². The fraction of sp³-hybridized carbons (Fsp3) is 0.670. The molecule has 4 fully saturated rings. The number of hydrogen-bond donors (Lipinski definition) is 22. The largest absolute Gasteiger partial charge is 0.469 e. The molecule has 36 nitrogen and oxygen atoms in total. The van der Waals surface area contributed by atoms with Crippen molar-refractivity contribution in [1.82, 2.24) is 0 Å². The maximum Gasteiger partial charge on any atom is 0.313 e. The first kappa shape index (κ1) is 118. The lowest BCUT2D eigenvalue weighted by molar-refractivity contribution is -0.309. The lowest BCUT2D eigenvalue weighted by Crippen LogP contribution is -2.61. The van der Waals surface area contributed by atoms with Crippen molar-refractivity contribution >= 4 is 23.9 Å². The van der Waals surface area contributed by atoms with Gasteiger partial charge in [0.25, 0.3) is 0 Å². The van der Waals surface area contributed by atoms with Crippen molar-refractivity contribution in [3.05, 3.63) is 170 Å². The molecule has 0 aromatic rings. The molecule has 0 aromatic heterocycles. The van der Waals surface area contributed by atoms with Crippen molar-refractivity contribution in [2.24, 2.45) is 47.0 Å². The number of allylic oxidation sites excluding steroid dienone is 24. The van der Waals surface area contributed by atoms with Gasteiger partial charge >= 0.3 is 23.9 Å². The second-order valence-corrected chi connectivity index (χ2v) is 35.5. The van der Waals surface area contributed by atoms with Crippen LogP contribution in [0.2, 0.25) is 0 Å². The van der Waals surface area contributed by atoms with E-state index in [4.69, 9.17) is 58.8 Å².